The van der Waals surface area contributed by atoms with Gasteiger partial charge in [-0.1, -0.05) is 29.8 Å². The van der Waals surface area contributed by atoms with E-state index in [9.17, 15) is 0 Å². The Morgan fingerprint density at radius 1 is 1.28 bits per heavy atom. The van der Waals surface area contributed by atoms with Crippen LogP contribution in [0, 0.1) is 0 Å². The number of hydrogen-bond acceptors (Lipinski definition) is 5. The molecule has 1 aliphatic rings. The van der Waals surface area contributed by atoms with Crippen LogP contribution in [0.5, 0.6) is 5.75 Å². The van der Waals surface area contributed by atoms with Crippen molar-refractivity contribution in [2.45, 2.75) is 38.5 Å². The van der Waals surface area contributed by atoms with Crippen molar-refractivity contribution in [2.75, 3.05) is 13.7 Å². The Morgan fingerprint density at radius 2 is 2.14 bits per heavy atom. The van der Waals surface area contributed by atoms with Crippen LogP contribution in [0.3, 0.4) is 0 Å². The van der Waals surface area contributed by atoms with Gasteiger partial charge >= 0.3 is 0 Å². The van der Waals surface area contributed by atoms with Crippen LogP contribution in [0.15, 0.2) is 36.7 Å². The van der Waals surface area contributed by atoms with E-state index >= 15 is 0 Å². The highest BCUT2D eigenvalue weighted by Gasteiger charge is 2.27. The SMILES string of the molecule is COc1cnn(Cc2nc3c(Cl)nc4ccccc4c3n2[C@@H]2CCO[C@H](C)C2)c1. The Kier molecular flexibility index (Phi) is 4.64. The average Bonchev–Trinajstić information content (AvgIpc) is 3.33. The largest absolute Gasteiger partial charge is 0.493 e. The van der Waals surface area contributed by atoms with Gasteiger partial charge in [0.1, 0.15) is 11.3 Å². The van der Waals surface area contributed by atoms with Gasteiger partial charge in [0.2, 0.25) is 0 Å². The van der Waals surface area contributed by atoms with E-state index in [4.69, 9.17) is 26.1 Å². The maximum Gasteiger partial charge on any atom is 0.157 e. The van der Waals surface area contributed by atoms with E-state index in [1.807, 2.05) is 29.1 Å². The smallest absolute Gasteiger partial charge is 0.157 e. The van der Waals surface area contributed by atoms with Crippen molar-refractivity contribution in [3.63, 3.8) is 0 Å². The fourth-order valence-electron chi connectivity index (χ4n) is 4.21. The van der Waals surface area contributed by atoms with Crippen LogP contribution in [-0.2, 0) is 11.3 Å². The van der Waals surface area contributed by atoms with Crippen molar-refractivity contribution in [2.24, 2.45) is 0 Å². The molecule has 4 aromatic rings. The van der Waals surface area contributed by atoms with Crippen LogP contribution in [0.4, 0.5) is 0 Å². The topological polar surface area (TPSA) is 67.0 Å². The standard InChI is InChI=1S/C21H22ClN5O2/c1-13-9-14(7-8-29-13)27-18(12-26-11-15(28-2)10-23-26)25-19-20(27)16-5-3-4-6-17(16)24-21(19)22/h3-6,10-11,13-14H,7-9,12H2,1-2H3/t13-,14-/m1/s1. The number of pyridine rings is 1. The maximum absolute atomic E-state index is 6.56. The molecular weight excluding hydrogens is 390 g/mol. The molecule has 1 fully saturated rings. The van der Waals surface area contributed by atoms with E-state index in [0.29, 0.717) is 11.7 Å². The molecule has 0 amide bonds. The van der Waals surface area contributed by atoms with Crippen molar-refractivity contribution < 1.29 is 9.47 Å². The number of fused-ring (bicyclic) bond motifs is 3. The van der Waals surface area contributed by atoms with Gasteiger partial charge in [-0.2, -0.15) is 5.10 Å². The van der Waals surface area contributed by atoms with E-state index < -0.39 is 0 Å². The first-order valence-corrected chi connectivity index (χ1v) is 10.1. The number of ether oxygens (including phenoxy) is 2. The molecule has 1 aromatic carbocycles. The summed E-state index contributed by atoms with van der Waals surface area (Å²) in [4.78, 5) is 9.48. The first-order valence-electron chi connectivity index (χ1n) is 9.77. The monoisotopic (exact) mass is 411 g/mol. The minimum absolute atomic E-state index is 0.201. The van der Waals surface area contributed by atoms with E-state index in [0.717, 1.165) is 53.0 Å². The highest BCUT2D eigenvalue weighted by molar-refractivity contribution is 6.35. The zero-order valence-electron chi connectivity index (χ0n) is 16.4. The van der Waals surface area contributed by atoms with Gasteiger partial charge < -0.3 is 14.0 Å². The molecule has 0 saturated carbocycles. The van der Waals surface area contributed by atoms with Gasteiger partial charge in [0, 0.05) is 18.0 Å². The lowest BCUT2D eigenvalue weighted by molar-refractivity contribution is 0.00620. The van der Waals surface area contributed by atoms with Crippen LogP contribution in [-0.4, -0.2) is 44.1 Å². The lowest BCUT2D eigenvalue weighted by Crippen LogP contribution is -2.27. The zero-order chi connectivity index (χ0) is 20.0. The molecule has 0 unspecified atom stereocenters. The van der Waals surface area contributed by atoms with E-state index in [1.54, 1.807) is 13.3 Å². The van der Waals surface area contributed by atoms with Gasteiger partial charge in [-0.15, -0.1) is 0 Å². The fraction of sp³-hybridized carbons (Fsp3) is 0.381. The zero-order valence-corrected chi connectivity index (χ0v) is 17.1. The number of halogens is 1. The summed E-state index contributed by atoms with van der Waals surface area (Å²) in [5.41, 5.74) is 2.64. The summed E-state index contributed by atoms with van der Waals surface area (Å²) in [6.07, 6.45) is 5.63. The molecular formula is C21H22ClN5O2. The summed E-state index contributed by atoms with van der Waals surface area (Å²) < 4.78 is 15.2. The molecule has 0 radical (unpaired) electrons. The number of nitrogens with zero attached hydrogens (tertiary/aromatic N) is 5. The third-order valence-electron chi connectivity index (χ3n) is 5.53. The van der Waals surface area contributed by atoms with Gasteiger partial charge in [-0.05, 0) is 25.8 Å². The molecule has 8 heteroatoms. The van der Waals surface area contributed by atoms with Crippen LogP contribution in [0.1, 0.15) is 31.6 Å². The molecule has 4 heterocycles. The van der Waals surface area contributed by atoms with E-state index in [2.05, 4.69) is 27.6 Å². The Hall–Kier alpha value is -2.64. The van der Waals surface area contributed by atoms with Crippen molar-refractivity contribution in [3.8, 4) is 5.75 Å². The molecule has 7 nitrogen and oxygen atoms in total. The molecule has 0 bridgehead atoms. The molecule has 5 rings (SSSR count). The molecule has 1 aliphatic heterocycles. The summed E-state index contributed by atoms with van der Waals surface area (Å²) in [6, 6.07) is 8.36. The van der Waals surface area contributed by atoms with Crippen LogP contribution >= 0.6 is 11.6 Å². The predicted octanol–water partition coefficient (Wildman–Crippen LogP) is 4.23. The summed E-state index contributed by atoms with van der Waals surface area (Å²) in [7, 11) is 1.64. The van der Waals surface area contributed by atoms with E-state index in [1.165, 1.54) is 0 Å². The highest BCUT2D eigenvalue weighted by atomic mass is 35.5. The Bertz CT molecular complexity index is 1180. The Balaban J connectivity index is 1.73. The first kappa shape index (κ1) is 18.4. The van der Waals surface area contributed by atoms with Gasteiger partial charge in [-0.25, -0.2) is 9.97 Å². The lowest BCUT2D eigenvalue weighted by Gasteiger charge is -2.30. The molecule has 0 spiro atoms. The quantitative estimate of drug-likeness (QED) is 0.470. The fourth-order valence-corrected chi connectivity index (χ4v) is 4.43. The number of methoxy groups -OCH3 is 1. The van der Waals surface area contributed by atoms with Crippen molar-refractivity contribution in [1.82, 2.24) is 24.3 Å². The van der Waals surface area contributed by atoms with E-state index in [-0.39, 0.29) is 12.1 Å². The van der Waals surface area contributed by atoms with Gasteiger partial charge in [0.05, 0.1) is 43.2 Å². The summed E-state index contributed by atoms with van der Waals surface area (Å²) in [5.74, 6) is 1.63. The maximum atomic E-state index is 6.56. The number of hydrogen-bond donors (Lipinski definition) is 0. The van der Waals surface area contributed by atoms with Crippen LogP contribution < -0.4 is 4.74 Å². The molecule has 29 heavy (non-hydrogen) atoms. The number of para-hydroxylation sites is 1. The molecule has 1 saturated heterocycles. The van der Waals surface area contributed by atoms with Crippen LogP contribution in [0.25, 0.3) is 21.9 Å². The second kappa shape index (κ2) is 7.31. The van der Waals surface area contributed by atoms with Gasteiger partial charge in [-0.3, -0.25) is 4.68 Å². The van der Waals surface area contributed by atoms with Crippen LogP contribution in [0.2, 0.25) is 5.15 Å². The highest BCUT2D eigenvalue weighted by Crippen LogP contribution is 2.36. The minimum atomic E-state index is 0.201. The second-order valence-electron chi connectivity index (χ2n) is 7.45. The van der Waals surface area contributed by atoms with Crippen molar-refractivity contribution in [1.29, 1.82) is 0 Å². The summed E-state index contributed by atoms with van der Waals surface area (Å²) >= 11 is 6.56. The lowest BCUT2D eigenvalue weighted by atomic mass is 10.0. The Labute approximate surface area is 173 Å². The van der Waals surface area contributed by atoms with Gasteiger partial charge in [0.15, 0.2) is 10.9 Å². The molecule has 0 aliphatic carbocycles. The van der Waals surface area contributed by atoms with Crippen molar-refractivity contribution >= 4 is 33.5 Å². The number of rotatable bonds is 4. The molecule has 0 N–H and O–H groups in total. The first-order chi connectivity index (χ1) is 14.1. The number of benzene rings is 1. The summed E-state index contributed by atoms with van der Waals surface area (Å²) in [5, 5.41) is 5.89. The number of aromatic nitrogens is 5. The van der Waals surface area contributed by atoms with Gasteiger partial charge in [0.25, 0.3) is 0 Å². The second-order valence-corrected chi connectivity index (χ2v) is 7.81. The molecule has 2 atom stereocenters. The normalized spacial score (nSPS) is 19.8. The molecule has 150 valence electrons. The number of imidazole rings is 1. The van der Waals surface area contributed by atoms with Crippen molar-refractivity contribution in [3.05, 3.63) is 47.6 Å². The molecule has 3 aromatic heterocycles. The predicted molar refractivity (Wildman–Crippen MR) is 112 cm³/mol. The minimum Gasteiger partial charge on any atom is -0.493 e. The third kappa shape index (κ3) is 3.24. The average molecular weight is 412 g/mol. The third-order valence-corrected chi connectivity index (χ3v) is 5.79. The summed E-state index contributed by atoms with van der Waals surface area (Å²) in [6.45, 7) is 3.38. The Morgan fingerprint density at radius 3 is 2.93 bits per heavy atom.